The number of rotatable bonds is 3. The number of nitriles is 1. The largest absolute Gasteiger partial charge is 0.586 e. The first kappa shape index (κ1) is 16.7. The number of alkyl halides is 2. The summed E-state index contributed by atoms with van der Waals surface area (Å²) in [4.78, 5) is 12.7. The number of nitrogens with one attached hydrogen (secondary N) is 1. The van der Waals surface area contributed by atoms with E-state index in [1.165, 1.54) is 18.2 Å². The number of furan rings is 1. The van der Waals surface area contributed by atoms with Crippen LogP contribution in [0.5, 0.6) is 11.5 Å². The van der Waals surface area contributed by atoms with Gasteiger partial charge in [0.2, 0.25) is 5.88 Å². The van der Waals surface area contributed by atoms with Gasteiger partial charge in [-0.2, -0.15) is 5.26 Å². The van der Waals surface area contributed by atoms with Gasteiger partial charge in [-0.05, 0) is 31.2 Å². The summed E-state index contributed by atoms with van der Waals surface area (Å²) in [6.07, 6.45) is -0.386. The second kappa shape index (κ2) is 5.88. The average Bonchev–Trinajstić information content (AvgIpc) is 3.29. The molecule has 9 heteroatoms. The summed E-state index contributed by atoms with van der Waals surface area (Å²) in [6.45, 7) is 1.56. The summed E-state index contributed by atoms with van der Waals surface area (Å²) >= 11 is 0. The minimum Gasteiger partial charge on any atom is -0.443 e. The van der Waals surface area contributed by atoms with Crippen LogP contribution in [0, 0.1) is 18.3 Å². The molecule has 1 N–H and O–H groups in total. The number of fused-ring (bicyclic) bond motifs is 1. The molecule has 136 valence electrons. The van der Waals surface area contributed by atoms with Crippen LogP contribution < -0.4 is 14.8 Å². The number of anilines is 1. The zero-order valence-corrected chi connectivity index (χ0v) is 13.8. The van der Waals surface area contributed by atoms with Gasteiger partial charge in [-0.25, -0.2) is 0 Å². The molecule has 1 amide bonds. The van der Waals surface area contributed by atoms with Crippen molar-refractivity contribution in [2.75, 3.05) is 5.32 Å². The topological polar surface area (TPSA) is 89.4 Å². The van der Waals surface area contributed by atoms with Crippen molar-refractivity contribution in [2.45, 2.75) is 13.2 Å². The number of carbonyl (C=O) groups is 1. The molecule has 0 fully saturated rings. The van der Waals surface area contributed by atoms with E-state index in [1.807, 2.05) is 6.07 Å². The van der Waals surface area contributed by atoms with Crippen LogP contribution in [0.4, 0.5) is 14.5 Å². The molecule has 3 heterocycles. The van der Waals surface area contributed by atoms with Crippen molar-refractivity contribution < 1.29 is 27.5 Å². The SMILES string of the molecule is Cc1oc(-n2cccc2)c(C#N)c1C(=O)Nc1ccc2c(c1)OC(F)(F)O2. The smallest absolute Gasteiger partial charge is 0.443 e. The van der Waals surface area contributed by atoms with E-state index < -0.39 is 12.2 Å². The number of aromatic nitrogens is 1. The number of aryl methyl sites for hydroxylation is 1. The van der Waals surface area contributed by atoms with Gasteiger partial charge in [-0.1, -0.05) is 0 Å². The van der Waals surface area contributed by atoms with Gasteiger partial charge < -0.3 is 19.2 Å². The Morgan fingerprint density at radius 3 is 2.63 bits per heavy atom. The molecule has 1 aliphatic heterocycles. The second-order valence-electron chi connectivity index (χ2n) is 5.70. The summed E-state index contributed by atoms with van der Waals surface area (Å²) in [5, 5.41) is 12.0. The molecule has 1 aliphatic rings. The van der Waals surface area contributed by atoms with Crippen LogP contribution in [-0.2, 0) is 0 Å². The Labute approximate surface area is 151 Å². The Kier molecular flexibility index (Phi) is 3.63. The van der Waals surface area contributed by atoms with Crippen LogP contribution in [0.3, 0.4) is 0 Å². The molecule has 0 bridgehead atoms. The molecule has 0 radical (unpaired) electrons. The van der Waals surface area contributed by atoms with Crippen LogP contribution in [0.1, 0.15) is 21.7 Å². The summed E-state index contributed by atoms with van der Waals surface area (Å²) in [5.41, 5.74) is 0.324. The number of amides is 1. The lowest BCUT2D eigenvalue weighted by molar-refractivity contribution is -0.286. The number of benzene rings is 1. The molecule has 0 atom stereocenters. The zero-order valence-electron chi connectivity index (χ0n) is 13.8. The van der Waals surface area contributed by atoms with Gasteiger partial charge in [0.15, 0.2) is 11.5 Å². The Morgan fingerprint density at radius 1 is 1.22 bits per heavy atom. The highest BCUT2D eigenvalue weighted by molar-refractivity contribution is 6.07. The summed E-state index contributed by atoms with van der Waals surface area (Å²) in [5.74, 6) is -0.479. The monoisotopic (exact) mass is 371 g/mol. The molecule has 7 nitrogen and oxygen atoms in total. The fourth-order valence-corrected chi connectivity index (χ4v) is 2.78. The maximum atomic E-state index is 13.1. The van der Waals surface area contributed by atoms with E-state index in [2.05, 4.69) is 14.8 Å². The Morgan fingerprint density at radius 2 is 1.93 bits per heavy atom. The molecule has 2 aromatic heterocycles. The molecular formula is C18H11F2N3O4. The molecule has 0 saturated heterocycles. The van der Waals surface area contributed by atoms with Gasteiger partial charge in [0.25, 0.3) is 5.91 Å². The Balaban J connectivity index is 1.65. The predicted octanol–water partition coefficient (Wildman–Crippen LogP) is 3.82. The second-order valence-corrected chi connectivity index (χ2v) is 5.70. The highest BCUT2D eigenvalue weighted by atomic mass is 19.3. The van der Waals surface area contributed by atoms with E-state index >= 15 is 0 Å². The van der Waals surface area contributed by atoms with E-state index in [0.717, 1.165) is 0 Å². The molecule has 0 spiro atoms. The average molecular weight is 371 g/mol. The summed E-state index contributed by atoms with van der Waals surface area (Å²) in [6, 6.07) is 9.33. The normalized spacial score (nSPS) is 14.0. The molecule has 4 rings (SSSR count). The third-order valence-electron chi connectivity index (χ3n) is 3.90. The van der Waals surface area contributed by atoms with Crippen LogP contribution >= 0.6 is 0 Å². The van der Waals surface area contributed by atoms with Crippen molar-refractivity contribution in [3.8, 4) is 23.5 Å². The lowest BCUT2D eigenvalue weighted by Gasteiger charge is -2.06. The van der Waals surface area contributed by atoms with E-state index in [1.54, 1.807) is 36.0 Å². The number of nitrogens with zero attached hydrogens (tertiary/aromatic N) is 2. The fourth-order valence-electron chi connectivity index (χ4n) is 2.78. The van der Waals surface area contributed by atoms with Gasteiger partial charge in [0.05, 0.1) is 0 Å². The maximum absolute atomic E-state index is 13.1. The summed E-state index contributed by atoms with van der Waals surface area (Å²) in [7, 11) is 0. The quantitative estimate of drug-likeness (QED) is 0.756. The minimum atomic E-state index is -3.74. The van der Waals surface area contributed by atoms with Crippen molar-refractivity contribution in [1.29, 1.82) is 5.26 Å². The molecule has 0 unspecified atom stereocenters. The van der Waals surface area contributed by atoms with E-state index in [0.29, 0.717) is 0 Å². The van der Waals surface area contributed by atoms with E-state index in [-0.39, 0.29) is 40.0 Å². The standard InChI is InChI=1S/C18H11F2N3O4/c1-10-15(12(9-21)17(25-10)23-6-2-3-7-23)16(24)22-11-4-5-13-14(8-11)27-18(19,20)26-13/h2-8H,1H3,(H,22,24). The van der Waals surface area contributed by atoms with Gasteiger partial charge >= 0.3 is 6.29 Å². The molecule has 0 aliphatic carbocycles. The lowest BCUT2D eigenvalue weighted by Crippen LogP contribution is -2.25. The fraction of sp³-hybridized carbons (Fsp3) is 0.111. The number of halogens is 2. The van der Waals surface area contributed by atoms with E-state index in [4.69, 9.17) is 4.42 Å². The first-order valence-electron chi connectivity index (χ1n) is 7.76. The van der Waals surface area contributed by atoms with Crippen molar-refractivity contribution >= 4 is 11.6 Å². The van der Waals surface area contributed by atoms with Crippen LogP contribution in [0.25, 0.3) is 5.88 Å². The predicted molar refractivity (Wildman–Crippen MR) is 88.1 cm³/mol. The van der Waals surface area contributed by atoms with Crippen molar-refractivity contribution in [3.05, 3.63) is 59.6 Å². The van der Waals surface area contributed by atoms with Gasteiger partial charge in [0.1, 0.15) is 23.0 Å². The van der Waals surface area contributed by atoms with Crippen LogP contribution in [-0.4, -0.2) is 16.8 Å². The molecule has 0 saturated carbocycles. The van der Waals surface area contributed by atoms with Gasteiger partial charge in [-0.15, -0.1) is 8.78 Å². The van der Waals surface area contributed by atoms with Crippen molar-refractivity contribution in [3.63, 3.8) is 0 Å². The summed E-state index contributed by atoms with van der Waals surface area (Å²) < 4.78 is 42.0. The Hall–Kier alpha value is -3.80. The van der Waals surface area contributed by atoms with Crippen LogP contribution in [0.2, 0.25) is 0 Å². The highest BCUT2D eigenvalue weighted by Crippen LogP contribution is 2.42. The molecule has 1 aromatic carbocycles. The third kappa shape index (κ3) is 2.87. The zero-order chi connectivity index (χ0) is 19.2. The molecule has 27 heavy (non-hydrogen) atoms. The third-order valence-corrected chi connectivity index (χ3v) is 3.90. The van der Waals surface area contributed by atoms with Gasteiger partial charge in [0, 0.05) is 24.1 Å². The number of hydrogen-bond donors (Lipinski definition) is 1. The molecular weight excluding hydrogens is 360 g/mol. The first-order valence-corrected chi connectivity index (χ1v) is 7.76. The van der Waals surface area contributed by atoms with E-state index in [9.17, 15) is 18.8 Å². The van der Waals surface area contributed by atoms with Crippen LogP contribution in [0.15, 0.2) is 47.1 Å². The Bertz CT molecular complexity index is 1080. The minimum absolute atomic E-state index is 0.0594. The first-order chi connectivity index (χ1) is 12.9. The number of hydrogen-bond acceptors (Lipinski definition) is 5. The molecule has 3 aromatic rings. The number of ether oxygens (including phenoxy) is 2. The van der Waals surface area contributed by atoms with Crippen molar-refractivity contribution in [2.24, 2.45) is 0 Å². The van der Waals surface area contributed by atoms with Gasteiger partial charge in [-0.3, -0.25) is 9.36 Å². The number of carbonyl (C=O) groups excluding carboxylic acids is 1. The maximum Gasteiger partial charge on any atom is 0.586 e. The lowest BCUT2D eigenvalue weighted by atomic mass is 10.1. The van der Waals surface area contributed by atoms with Crippen molar-refractivity contribution in [1.82, 2.24) is 4.57 Å². The highest BCUT2D eigenvalue weighted by Gasteiger charge is 2.43.